The van der Waals surface area contributed by atoms with E-state index in [0.29, 0.717) is 29.9 Å². The molecule has 4 aliphatic rings. The van der Waals surface area contributed by atoms with Crippen LogP contribution in [-0.2, 0) is 19.1 Å². The van der Waals surface area contributed by atoms with Crippen molar-refractivity contribution in [3.63, 3.8) is 0 Å². The Hall–Kier alpha value is -1.65. The fourth-order valence-corrected chi connectivity index (χ4v) is 6.31. The largest absolute Gasteiger partial charge is 0.423 e. The normalized spacial score (nSPS) is 43.1. The van der Waals surface area contributed by atoms with Crippen molar-refractivity contribution >= 4 is 17.7 Å². The van der Waals surface area contributed by atoms with Crippen molar-refractivity contribution in [2.75, 3.05) is 6.54 Å². The van der Waals surface area contributed by atoms with Crippen LogP contribution in [0.3, 0.4) is 0 Å². The number of carbonyl (C=O) groups excluding carboxylic acids is 3. The summed E-state index contributed by atoms with van der Waals surface area (Å²) in [6, 6.07) is 0. The van der Waals surface area contributed by atoms with E-state index in [2.05, 4.69) is 19.2 Å². The van der Waals surface area contributed by atoms with Gasteiger partial charge in [0.15, 0.2) is 11.5 Å². The highest BCUT2D eigenvalue weighted by Crippen LogP contribution is 2.63. The molecule has 1 amide bonds. The Morgan fingerprint density at radius 1 is 1.08 bits per heavy atom. The number of hydrogen-bond donors (Lipinski definition) is 1. The number of hydrogen-bond acceptors (Lipinski definition) is 4. The van der Waals surface area contributed by atoms with E-state index in [1.807, 2.05) is 0 Å². The fraction of sp³-hybridized carbons (Fsp3) is 0.750. The molecule has 1 heterocycles. The van der Waals surface area contributed by atoms with Gasteiger partial charge in [-0.2, -0.15) is 0 Å². The van der Waals surface area contributed by atoms with Gasteiger partial charge >= 0.3 is 5.97 Å². The summed E-state index contributed by atoms with van der Waals surface area (Å²) < 4.78 is 5.37. The van der Waals surface area contributed by atoms with Crippen LogP contribution in [0.1, 0.15) is 59.3 Å². The van der Waals surface area contributed by atoms with Crippen molar-refractivity contribution in [2.45, 2.75) is 59.3 Å². The first-order chi connectivity index (χ1) is 11.8. The predicted octanol–water partition coefficient (Wildman–Crippen LogP) is 2.75. The minimum absolute atomic E-state index is 0.0283. The quantitative estimate of drug-likeness (QED) is 0.742. The van der Waals surface area contributed by atoms with E-state index in [0.717, 1.165) is 44.2 Å². The topological polar surface area (TPSA) is 72.5 Å². The van der Waals surface area contributed by atoms with E-state index in [9.17, 15) is 14.4 Å². The first-order valence-corrected chi connectivity index (χ1v) is 9.51. The number of fused-ring (bicyclic) bond motifs is 5. The maximum absolute atomic E-state index is 12.4. The number of nitrogens with one attached hydrogen (secondary N) is 1. The first-order valence-electron chi connectivity index (χ1n) is 9.51. The van der Waals surface area contributed by atoms with Gasteiger partial charge in [-0.3, -0.25) is 14.4 Å². The van der Waals surface area contributed by atoms with Crippen LogP contribution in [0.2, 0.25) is 0 Å². The van der Waals surface area contributed by atoms with Crippen molar-refractivity contribution in [3.05, 3.63) is 11.3 Å². The average molecular weight is 345 g/mol. The summed E-state index contributed by atoms with van der Waals surface area (Å²) in [6.45, 7) is 6.52. The van der Waals surface area contributed by atoms with Gasteiger partial charge in [0, 0.05) is 19.9 Å². The third-order valence-corrected chi connectivity index (χ3v) is 7.71. The second kappa shape index (κ2) is 5.42. The van der Waals surface area contributed by atoms with Crippen LogP contribution in [-0.4, -0.2) is 24.2 Å². The molecule has 3 aliphatic carbocycles. The van der Waals surface area contributed by atoms with Crippen LogP contribution >= 0.6 is 0 Å². The van der Waals surface area contributed by atoms with Gasteiger partial charge in [-0.15, -0.1) is 0 Å². The number of amides is 1. The molecule has 0 unspecified atom stereocenters. The molecular formula is C20H27NO4. The highest BCUT2D eigenvalue weighted by Gasteiger charge is 2.60. The Morgan fingerprint density at radius 2 is 1.84 bits per heavy atom. The molecule has 136 valence electrons. The number of rotatable bonds is 1. The second-order valence-electron chi connectivity index (χ2n) is 8.82. The molecule has 0 radical (unpaired) electrons. The van der Waals surface area contributed by atoms with Gasteiger partial charge in [0.25, 0.3) is 0 Å². The first kappa shape index (κ1) is 16.8. The molecule has 1 saturated heterocycles. The summed E-state index contributed by atoms with van der Waals surface area (Å²) in [7, 11) is 0. The Labute approximate surface area is 148 Å². The summed E-state index contributed by atoms with van der Waals surface area (Å²) in [6.07, 6.45) is 4.97. The van der Waals surface area contributed by atoms with Gasteiger partial charge in [-0.05, 0) is 60.8 Å². The SMILES string of the molecule is CC(=O)OC1=C2CC[C@@H]3[C@H](CC[C@]4(C)C(=O)NC[C@@H]34)[C@@]2(C)CCC1=O. The molecule has 0 aromatic heterocycles. The molecule has 5 nitrogen and oxygen atoms in total. The van der Waals surface area contributed by atoms with Crippen LogP contribution < -0.4 is 5.32 Å². The summed E-state index contributed by atoms with van der Waals surface area (Å²) in [5.41, 5.74) is 0.734. The molecule has 0 bridgehead atoms. The van der Waals surface area contributed by atoms with Crippen LogP contribution in [0, 0.1) is 28.6 Å². The Bertz CT molecular complexity index is 696. The van der Waals surface area contributed by atoms with Gasteiger partial charge in [0.1, 0.15) is 0 Å². The van der Waals surface area contributed by atoms with Crippen molar-refractivity contribution in [1.29, 1.82) is 0 Å². The zero-order valence-corrected chi connectivity index (χ0v) is 15.3. The number of ketones is 1. The Kier molecular flexibility index (Phi) is 3.64. The maximum Gasteiger partial charge on any atom is 0.308 e. The van der Waals surface area contributed by atoms with Crippen LogP contribution in [0.25, 0.3) is 0 Å². The number of carbonyl (C=O) groups is 3. The van der Waals surface area contributed by atoms with Crippen LogP contribution in [0.15, 0.2) is 11.3 Å². The third-order valence-electron chi connectivity index (χ3n) is 7.71. The standard InChI is InChI=1S/C20H27NO4/c1-11(22)25-17-14-5-4-12-13(19(14,2)9-7-16(17)23)6-8-20(3)15(12)10-21-18(20)24/h12-13,15H,4-10H2,1-3H3,(H,21,24)/t12-,13+,15+,19-,20+/m1/s1. The molecular weight excluding hydrogens is 318 g/mol. The van der Waals surface area contributed by atoms with E-state index in [1.54, 1.807) is 0 Å². The van der Waals surface area contributed by atoms with Gasteiger partial charge in [0.05, 0.1) is 5.41 Å². The monoisotopic (exact) mass is 345 g/mol. The molecule has 1 aliphatic heterocycles. The lowest BCUT2D eigenvalue weighted by atomic mass is 9.47. The van der Waals surface area contributed by atoms with E-state index >= 15 is 0 Å². The lowest BCUT2D eigenvalue weighted by Gasteiger charge is -2.56. The van der Waals surface area contributed by atoms with Crippen molar-refractivity contribution in [3.8, 4) is 0 Å². The van der Waals surface area contributed by atoms with Gasteiger partial charge in [0.2, 0.25) is 5.91 Å². The second-order valence-corrected chi connectivity index (χ2v) is 8.82. The molecule has 5 heteroatoms. The number of Topliss-reactive ketones (excluding diaryl/α,β-unsaturated/α-hetero) is 1. The molecule has 4 rings (SSSR count). The minimum atomic E-state index is -0.413. The molecule has 2 saturated carbocycles. The summed E-state index contributed by atoms with van der Waals surface area (Å²) >= 11 is 0. The lowest BCUT2D eigenvalue weighted by molar-refractivity contribution is -0.142. The van der Waals surface area contributed by atoms with Crippen LogP contribution in [0.4, 0.5) is 0 Å². The van der Waals surface area contributed by atoms with Crippen molar-refractivity contribution < 1.29 is 19.1 Å². The third kappa shape index (κ3) is 2.24. The highest BCUT2D eigenvalue weighted by atomic mass is 16.5. The fourth-order valence-electron chi connectivity index (χ4n) is 6.31. The summed E-state index contributed by atoms with van der Waals surface area (Å²) in [5, 5.41) is 3.09. The Morgan fingerprint density at radius 3 is 2.56 bits per heavy atom. The average Bonchev–Trinajstić information content (AvgIpc) is 2.86. The van der Waals surface area contributed by atoms with Crippen molar-refractivity contribution in [1.82, 2.24) is 5.32 Å². The number of esters is 1. The molecule has 25 heavy (non-hydrogen) atoms. The van der Waals surface area contributed by atoms with E-state index in [4.69, 9.17) is 4.74 Å². The molecule has 0 spiro atoms. The smallest absolute Gasteiger partial charge is 0.308 e. The molecule has 0 aromatic rings. The molecule has 0 aromatic carbocycles. The highest BCUT2D eigenvalue weighted by molar-refractivity contribution is 5.97. The van der Waals surface area contributed by atoms with Crippen molar-refractivity contribution in [2.24, 2.45) is 28.6 Å². The summed E-state index contributed by atoms with van der Waals surface area (Å²) in [5.74, 6) is 1.44. The Balaban J connectivity index is 1.72. The van der Waals surface area contributed by atoms with Crippen LogP contribution in [0.5, 0.6) is 0 Å². The number of allylic oxidation sites excluding steroid dienone is 2. The maximum atomic E-state index is 12.4. The van der Waals surface area contributed by atoms with Gasteiger partial charge in [-0.25, -0.2) is 0 Å². The van der Waals surface area contributed by atoms with Gasteiger partial charge in [-0.1, -0.05) is 13.8 Å². The molecule has 1 N–H and O–H groups in total. The van der Waals surface area contributed by atoms with E-state index in [1.165, 1.54) is 6.92 Å². The predicted molar refractivity (Wildman–Crippen MR) is 91.2 cm³/mol. The molecule has 5 atom stereocenters. The van der Waals surface area contributed by atoms with E-state index in [-0.39, 0.29) is 22.5 Å². The zero-order chi connectivity index (χ0) is 18.0. The minimum Gasteiger partial charge on any atom is -0.423 e. The lowest BCUT2D eigenvalue weighted by Crippen LogP contribution is -2.51. The number of ether oxygens (including phenoxy) is 1. The van der Waals surface area contributed by atoms with Gasteiger partial charge < -0.3 is 10.1 Å². The van der Waals surface area contributed by atoms with E-state index < -0.39 is 5.97 Å². The molecule has 3 fully saturated rings. The zero-order valence-electron chi connectivity index (χ0n) is 15.3. The summed E-state index contributed by atoms with van der Waals surface area (Å²) in [4.78, 5) is 36.2.